The first-order valence-electron chi connectivity index (χ1n) is 5.94. The second-order valence-corrected chi connectivity index (χ2v) is 3.74. The third kappa shape index (κ3) is 5.66. The summed E-state index contributed by atoms with van der Waals surface area (Å²) in [6.45, 7) is 6.64. The zero-order chi connectivity index (χ0) is 11.6. The molecular formula is C12H21N3O. The van der Waals surface area contributed by atoms with E-state index in [9.17, 15) is 0 Å². The van der Waals surface area contributed by atoms with Gasteiger partial charge in [-0.05, 0) is 25.8 Å². The minimum absolute atomic E-state index is 0.796. The molecule has 0 saturated heterocycles. The first kappa shape index (κ1) is 12.9. The summed E-state index contributed by atoms with van der Waals surface area (Å²) in [7, 11) is 0. The third-order valence-corrected chi connectivity index (χ3v) is 2.19. The van der Waals surface area contributed by atoms with Crippen molar-refractivity contribution in [3.05, 3.63) is 18.1 Å². The van der Waals surface area contributed by atoms with Crippen molar-refractivity contribution < 1.29 is 4.74 Å². The number of aromatic nitrogens is 2. The maximum Gasteiger partial charge on any atom is 0.129 e. The van der Waals surface area contributed by atoms with Gasteiger partial charge in [0.05, 0.1) is 0 Å². The van der Waals surface area contributed by atoms with Gasteiger partial charge in [-0.1, -0.05) is 13.3 Å². The Kier molecular flexibility index (Phi) is 6.49. The Labute approximate surface area is 97.5 Å². The summed E-state index contributed by atoms with van der Waals surface area (Å²) in [5.74, 6) is 1.69. The van der Waals surface area contributed by atoms with Crippen molar-refractivity contribution in [1.82, 2.24) is 9.97 Å². The summed E-state index contributed by atoms with van der Waals surface area (Å²) in [6.07, 6.45) is 5.12. The maximum atomic E-state index is 5.46. The second kappa shape index (κ2) is 8.05. The highest BCUT2D eigenvalue weighted by Gasteiger charge is 1.94. The van der Waals surface area contributed by atoms with Gasteiger partial charge in [0, 0.05) is 26.0 Å². The fraction of sp³-hybridized carbons (Fsp3) is 0.667. The molecule has 0 aliphatic carbocycles. The Balaban J connectivity index is 2.03. The van der Waals surface area contributed by atoms with Gasteiger partial charge in [-0.3, -0.25) is 0 Å². The normalized spacial score (nSPS) is 10.4. The van der Waals surface area contributed by atoms with Gasteiger partial charge in [0.25, 0.3) is 0 Å². The van der Waals surface area contributed by atoms with Crippen molar-refractivity contribution in [2.24, 2.45) is 0 Å². The van der Waals surface area contributed by atoms with E-state index in [0.29, 0.717) is 0 Å². The van der Waals surface area contributed by atoms with Crippen molar-refractivity contribution in [1.29, 1.82) is 0 Å². The van der Waals surface area contributed by atoms with Crippen LogP contribution in [0.15, 0.2) is 12.3 Å². The highest BCUT2D eigenvalue weighted by atomic mass is 16.5. The number of unbranched alkanes of at least 4 members (excludes halogenated alkanes) is 1. The second-order valence-electron chi connectivity index (χ2n) is 3.74. The van der Waals surface area contributed by atoms with Crippen molar-refractivity contribution in [3.8, 4) is 0 Å². The lowest BCUT2D eigenvalue weighted by atomic mass is 10.3. The summed E-state index contributed by atoms with van der Waals surface area (Å²) in [5, 5.41) is 3.25. The van der Waals surface area contributed by atoms with Crippen LogP contribution in [0.4, 0.5) is 5.82 Å². The molecule has 0 amide bonds. The van der Waals surface area contributed by atoms with E-state index >= 15 is 0 Å². The Bertz CT molecular complexity index is 291. The quantitative estimate of drug-likeness (QED) is 0.687. The molecule has 1 aromatic heterocycles. The molecule has 1 rings (SSSR count). The number of hydrogen-bond acceptors (Lipinski definition) is 4. The van der Waals surface area contributed by atoms with Gasteiger partial charge in [0.1, 0.15) is 11.6 Å². The Morgan fingerprint density at radius 2 is 2.12 bits per heavy atom. The molecule has 0 bridgehead atoms. The summed E-state index contributed by atoms with van der Waals surface area (Å²) in [6, 6.07) is 1.88. The lowest BCUT2D eigenvalue weighted by Gasteiger charge is -2.06. The Morgan fingerprint density at radius 3 is 2.88 bits per heavy atom. The molecule has 0 unspecified atom stereocenters. The van der Waals surface area contributed by atoms with Crippen molar-refractivity contribution >= 4 is 5.82 Å². The summed E-state index contributed by atoms with van der Waals surface area (Å²) < 4.78 is 5.46. The van der Waals surface area contributed by atoms with E-state index in [1.165, 1.54) is 6.42 Å². The highest BCUT2D eigenvalue weighted by molar-refractivity contribution is 5.32. The molecule has 0 radical (unpaired) electrons. The van der Waals surface area contributed by atoms with E-state index in [2.05, 4.69) is 22.2 Å². The maximum absolute atomic E-state index is 5.46. The van der Waals surface area contributed by atoms with E-state index in [1.807, 2.05) is 13.0 Å². The van der Waals surface area contributed by atoms with E-state index in [1.54, 1.807) is 6.20 Å². The first-order chi connectivity index (χ1) is 7.83. The van der Waals surface area contributed by atoms with Gasteiger partial charge in [0.15, 0.2) is 0 Å². The standard InChI is InChI=1S/C12H21N3O/c1-3-4-9-16-10-5-7-14-12-6-8-13-11(2)15-12/h6,8H,3-5,7,9-10H2,1-2H3,(H,13,14,15). The van der Waals surface area contributed by atoms with Crippen LogP contribution in [-0.4, -0.2) is 29.7 Å². The fourth-order valence-corrected chi connectivity index (χ4v) is 1.29. The highest BCUT2D eigenvalue weighted by Crippen LogP contribution is 2.00. The molecule has 0 aliphatic rings. The van der Waals surface area contributed by atoms with Gasteiger partial charge in [-0.2, -0.15) is 0 Å². The van der Waals surface area contributed by atoms with E-state index in [0.717, 1.165) is 44.2 Å². The van der Waals surface area contributed by atoms with Gasteiger partial charge in [0.2, 0.25) is 0 Å². The molecule has 90 valence electrons. The van der Waals surface area contributed by atoms with E-state index in [-0.39, 0.29) is 0 Å². The van der Waals surface area contributed by atoms with Crippen molar-refractivity contribution in [2.45, 2.75) is 33.1 Å². The molecule has 1 N–H and O–H groups in total. The van der Waals surface area contributed by atoms with Crippen LogP contribution >= 0.6 is 0 Å². The van der Waals surface area contributed by atoms with Crippen molar-refractivity contribution in [3.63, 3.8) is 0 Å². The molecule has 4 heteroatoms. The molecule has 4 nitrogen and oxygen atoms in total. The number of aryl methyl sites for hydroxylation is 1. The molecule has 16 heavy (non-hydrogen) atoms. The summed E-state index contributed by atoms with van der Waals surface area (Å²) >= 11 is 0. The molecule has 1 heterocycles. The lowest BCUT2D eigenvalue weighted by Crippen LogP contribution is -2.08. The number of rotatable bonds is 8. The number of ether oxygens (including phenoxy) is 1. The summed E-state index contributed by atoms with van der Waals surface area (Å²) in [4.78, 5) is 8.30. The smallest absolute Gasteiger partial charge is 0.129 e. The van der Waals surface area contributed by atoms with E-state index in [4.69, 9.17) is 4.74 Å². The monoisotopic (exact) mass is 223 g/mol. The van der Waals surface area contributed by atoms with E-state index < -0.39 is 0 Å². The predicted octanol–water partition coefficient (Wildman–Crippen LogP) is 2.40. The van der Waals surface area contributed by atoms with Crippen LogP contribution in [-0.2, 0) is 4.74 Å². The zero-order valence-corrected chi connectivity index (χ0v) is 10.2. The number of nitrogens with one attached hydrogen (secondary N) is 1. The van der Waals surface area contributed by atoms with Crippen LogP contribution in [0.2, 0.25) is 0 Å². The van der Waals surface area contributed by atoms with Crippen LogP contribution in [0.1, 0.15) is 32.0 Å². The number of nitrogens with zero attached hydrogens (tertiary/aromatic N) is 2. The number of hydrogen-bond donors (Lipinski definition) is 1. The SMILES string of the molecule is CCCCOCCCNc1ccnc(C)n1. The predicted molar refractivity (Wildman–Crippen MR) is 65.6 cm³/mol. The lowest BCUT2D eigenvalue weighted by molar-refractivity contribution is 0.131. The van der Waals surface area contributed by atoms with Crippen LogP contribution < -0.4 is 5.32 Å². The number of anilines is 1. The fourth-order valence-electron chi connectivity index (χ4n) is 1.29. The molecule has 0 fully saturated rings. The molecule has 0 aliphatic heterocycles. The zero-order valence-electron chi connectivity index (χ0n) is 10.2. The van der Waals surface area contributed by atoms with Crippen molar-refractivity contribution in [2.75, 3.05) is 25.1 Å². The minimum atomic E-state index is 0.796. The summed E-state index contributed by atoms with van der Waals surface area (Å²) in [5.41, 5.74) is 0. The Hall–Kier alpha value is -1.16. The Morgan fingerprint density at radius 1 is 1.31 bits per heavy atom. The first-order valence-corrected chi connectivity index (χ1v) is 5.94. The van der Waals surface area contributed by atoms with Gasteiger partial charge < -0.3 is 10.1 Å². The molecule has 0 spiro atoms. The topological polar surface area (TPSA) is 47.0 Å². The molecule has 0 aromatic carbocycles. The van der Waals surface area contributed by atoms with Gasteiger partial charge in [-0.25, -0.2) is 9.97 Å². The van der Waals surface area contributed by atoms with Crippen LogP contribution in [0.25, 0.3) is 0 Å². The average Bonchev–Trinajstić information content (AvgIpc) is 2.28. The van der Waals surface area contributed by atoms with Crippen LogP contribution in [0.3, 0.4) is 0 Å². The molecular weight excluding hydrogens is 202 g/mol. The van der Waals surface area contributed by atoms with Crippen LogP contribution in [0.5, 0.6) is 0 Å². The molecule has 1 aromatic rings. The van der Waals surface area contributed by atoms with Crippen LogP contribution in [0, 0.1) is 6.92 Å². The third-order valence-electron chi connectivity index (χ3n) is 2.19. The molecule has 0 saturated carbocycles. The van der Waals surface area contributed by atoms with Gasteiger partial charge >= 0.3 is 0 Å². The molecule has 0 atom stereocenters. The minimum Gasteiger partial charge on any atom is -0.381 e. The van der Waals surface area contributed by atoms with Gasteiger partial charge in [-0.15, -0.1) is 0 Å². The average molecular weight is 223 g/mol. The largest absolute Gasteiger partial charge is 0.381 e.